The first-order valence-electron chi connectivity index (χ1n) is 14.6. The van der Waals surface area contributed by atoms with Crippen LogP contribution in [0.2, 0.25) is 0 Å². The van der Waals surface area contributed by atoms with Crippen molar-refractivity contribution in [2.45, 2.75) is 20.8 Å². The molecule has 42 heavy (non-hydrogen) atoms. The summed E-state index contributed by atoms with van der Waals surface area (Å²) in [5.41, 5.74) is 17.4. The van der Waals surface area contributed by atoms with Crippen LogP contribution in [0.25, 0.3) is 66.4 Å². The molecule has 0 saturated heterocycles. The molecule has 4 nitrogen and oxygen atoms in total. The average Bonchev–Trinajstić information content (AvgIpc) is 3.52. The number of aryl methyl sites for hydroxylation is 3. The van der Waals surface area contributed by atoms with E-state index in [1.165, 1.54) is 88.2 Å². The molecule has 196 valence electrons. The van der Waals surface area contributed by atoms with Crippen LogP contribution in [-0.4, -0.2) is 25.8 Å². The first-order chi connectivity index (χ1) is 20.6. The van der Waals surface area contributed by atoms with Crippen molar-refractivity contribution in [1.29, 1.82) is 0 Å². The third-order valence-corrected chi connectivity index (χ3v) is 9.65. The molecular weight excluding hydrogens is 511 g/mol. The van der Waals surface area contributed by atoms with Crippen molar-refractivity contribution in [3.05, 3.63) is 114 Å². The van der Waals surface area contributed by atoms with Crippen molar-refractivity contribution in [3.8, 4) is 22.5 Å². The molecule has 0 unspecified atom stereocenters. The Balaban J connectivity index is 1.48. The third-order valence-electron chi connectivity index (χ3n) is 9.65. The van der Waals surface area contributed by atoms with E-state index in [0.717, 1.165) is 11.3 Å². The van der Waals surface area contributed by atoms with E-state index in [2.05, 4.69) is 115 Å². The molecule has 0 amide bonds. The lowest BCUT2D eigenvalue weighted by atomic mass is 9.34. The van der Waals surface area contributed by atoms with Gasteiger partial charge in [0.1, 0.15) is 11.3 Å². The summed E-state index contributed by atoms with van der Waals surface area (Å²) < 4.78 is 4.86. The highest BCUT2D eigenvalue weighted by molar-refractivity contribution is 7.00. The highest BCUT2D eigenvalue weighted by Crippen LogP contribution is 2.40. The Morgan fingerprint density at radius 1 is 0.571 bits per heavy atom. The van der Waals surface area contributed by atoms with Gasteiger partial charge in [0.2, 0.25) is 0 Å². The van der Waals surface area contributed by atoms with Gasteiger partial charge < -0.3 is 0 Å². The Morgan fingerprint density at radius 3 is 1.60 bits per heavy atom. The largest absolute Gasteiger partial charge is 0.295 e. The van der Waals surface area contributed by atoms with E-state index in [1.807, 2.05) is 12.4 Å². The Labute approximate surface area is 243 Å². The van der Waals surface area contributed by atoms with Gasteiger partial charge in [0, 0.05) is 45.3 Å². The lowest BCUT2D eigenvalue weighted by molar-refractivity contribution is 1.11. The summed E-state index contributed by atoms with van der Waals surface area (Å²) in [6, 6.07) is 31.6. The lowest BCUT2D eigenvalue weighted by Crippen LogP contribution is -2.59. The number of para-hydroxylation sites is 2. The number of nitrogens with zero attached hydrogens (tertiary/aromatic N) is 4. The van der Waals surface area contributed by atoms with Crippen molar-refractivity contribution >= 4 is 67.0 Å². The van der Waals surface area contributed by atoms with Gasteiger partial charge in [-0.05, 0) is 95.8 Å². The van der Waals surface area contributed by atoms with Gasteiger partial charge in [0.05, 0.1) is 11.0 Å². The zero-order chi connectivity index (χ0) is 27.9. The minimum Gasteiger partial charge on any atom is -0.295 e. The second-order valence-electron chi connectivity index (χ2n) is 12.0. The number of benzene rings is 4. The summed E-state index contributed by atoms with van der Waals surface area (Å²) in [7, 11) is 0. The summed E-state index contributed by atoms with van der Waals surface area (Å²) in [5, 5.41) is 4.91. The fourth-order valence-electron chi connectivity index (χ4n) is 8.32. The minimum absolute atomic E-state index is 0.116. The fourth-order valence-corrected chi connectivity index (χ4v) is 8.32. The monoisotopic (exact) mass is 536 g/mol. The molecule has 0 atom stereocenters. The number of aromatic nitrogens is 4. The van der Waals surface area contributed by atoms with Gasteiger partial charge in [-0.1, -0.05) is 54.1 Å². The van der Waals surface area contributed by atoms with E-state index >= 15 is 0 Å². The average molecular weight is 536 g/mol. The Bertz CT molecular complexity index is 2350. The standard InChI is InChI=1S/C37H25BN4/c1-20-16-21(2)32(22(3)17-20)23-18-30-33-31(19-23)42-35-25(27-11-7-15-40-37(27)42)9-5-13-29(35)38(33)28-12-4-8-24-26-10-6-14-39-36(26)41(30)34(24)28/h4-19H,1-3H3. The van der Waals surface area contributed by atoms with Gasteiger partial charge in [0.15, 0.2) is 0 Å². The van der Waals surface area contributed by atoms with Gasteiger partial charge >= 0.3 is 0 Å². The molecular formula is C37H25BN4. The molecule has 2 aliphatic rings. The zero-order valence-electron chi connectivity index (χ0n) is 23.6. The minimum atomic E-state index is 0.116. The van der Waals surface area contributed by atoms with Gasteiger partial charge in [-0.3, -0.25) is 9.13 Å². The second kappa shape index (κ2) is 7.57. The topological polar surface area (TPSA) is 35.6 Å². The number of fused-ring (bicyclic) bond motifs is 10. The van der Waals surface area contributed by atoms with E-state index in [9.17, 15) is 0 Å². The first kappa shape index (κ1) is 22.5. The highest BCUT2D eigenvalue weighted by atomic mass is 15.1. The lowest BCUT2D eigenvalue weighted by Gasteiger charge is -2.34. The number of hydrogen-bond acceptors (Lipinski definition) is 2. The van der Waals surface area contributed by atoms with Crippen LogP contribution in [-0.2, 0) is 0 Å². The predicted molar refractivity (Wildman–Crippen MR) is 175 cm³/mol. The summed E-state index contributed by atoms with van der Waals surface area (Å²) in [5.74, 6) is 0. The zero-order valence-corrected chi connectivity index (χ0v) is 23.6. The van der Waals surface area contributed by atoms with Crippen LogP contribution in [0, 0.1) is 20.8 Å². The van der Waals surface area contributed by atoms with Crippen LogP contribution >= 0.6 is 0 Å². The summed E-state index contributed by atoms with van der Waals surface area (Å²) in [6.45, 7) is 6.78. The van der Waals surface area contributed by atoms with Gasteiger partial charge in [-0.2, -0.15) is 0 Å². The SMILES string of the molecule is Cc1cc(C)c(-c2cc3c4c(c2)-n2c5ncccc5c5cccc(c52)B4c2cccc4c5cccnc5n-3c24)c(C)c1. The molecule has 8 aromatic rings. The number of rotatable bonds is 1. The van der Waals surface area contributed by atoms with Crippen LogP contribution in [0.5, 0.6) is 0 Å². The molecule has 4 aromatic heterocycles. The molecule has 0 bridgehead atoms. The maximum absolute atomic E-state index is 4.98. The molecule has 10 rings (SSSR count). The highest BCUT2D eigenvalue weighted by Gasteiger charge is 2.41. The van der Waals surface area contributed by atoms with E-state index < -0.39 is 0 Å². The van der Waals surface area contributed by atoms with E-state index in [4.69, 9.17) is 9.97 Å². The molecule has 0 aliphatic carbocycles. The molecule has 6 heterocycles. The van der Waals surface area contributed by atoms with Crippen LogP contribution in [0.3, 0.4) is 0 Å². The number of hydrogen-bond donors (Lipinski definition) is 0. The van der Waals surface area contributed by atoms with E-state index in [-0.39, 0.29) is 6.71 Å². The predicted octanol–water partition coefficient (Wildman–Crippen LogP) is 6.41. The van der Waals surface area contributed by atoms with Crippen LogP contribution in [0.15, 0.2) is 97.3 Å². The van der Waals surface area contributed by atoms with Crippen molar-refractivity contribution < 1.29 is 0 Å². The van der Waals surface area contributed by atoms with Crippen molar-refractivity contribution in [1.82, 2.24) is 19.1 Å². The molecule has 0 radical (unpaired) electrons. The maximum atomic E-state index is 4.98. The number of pyridine rings is 2. The van der Waals surface area contributed by atoms with Crippen molar-refractivity contribution in [2.75, 3.05) is 0 Å². The Hall–Kier alpha value is -5.16. The van der Waals surface area contributed by atoms with E-state index in [1.54, 1.807) is 0 Å². The van der Waals surface area contributed by atoms with Gasteiger partial charge in [-0.25, -0.2) is 9.97 Å². The molecule has 0 spiro atoms. The normalized spacial score (nSPS) is 13.1. The molecule has 0 N–H and O–H groups in total. The third kappa shape index (κ3) is 2.56. The van der Waals surface area contributed by atoms with E-state index in [0.29, 0.717) is 0 Å². The maximum Gasteiger partial charge on any atom is 0.252 e. The quantitative estimate of drug-likeness (QED) is 0.228. The fraction of sp³-hybridized carbons (Fsp3) is 0.0811. The molecule has 0 fully saturated rings. The van der Waals surface area contributed by atoms with Gasteiger partial charge in [0.25, 0.3) is 6.71 Å². The summed E-state index contributed by atoms with van der Waals surface area (Å²) in [4.78, 5) is 9.96. The van der Waals surface area contributed by atoms with Crippen molar-refractivity contribution in [3.63, 3.8) is 0 Å². The van der Waals surface area contributed by atoms with Crippen LogP contribution in [0.1, 0.15) is 16.7 Å². The Morgan fingerprint density at radius 2 is 1.07 bits per heavy atom. The first-order valence-corrected chi connectivity index (χ1v) is 14.6. The molecule has 0 saturated carbocycles. The molecule has 5 heteroatoms. The van der Waals surface area contributed by atoms with Crippen LogP contribution < -0.4 is 16.4 Å². The summed E-state index contributed by atoms with van der Waals surface area (Å²) in [6.07, 6.45) is 3.84. The Kier molecular flexibility index (Phi) is 4.06. The van der Waals surface area contributed by atoms with Crippen LogP contribution in [0.4, 0.5) is 0 Å². The molecule has 2 aliphatic heterocycles. The summed E-state index contributed by atoms with van der Waals surface area (Å²) >= 11 is 0. The van der Waals surface area contributed by atoms with Gasteiger partial charge in [-0.15, -0.1) is 0 Å². The molecule has 4 aromatic carbocycles. The smallest absolute Gasteiger partial charge is 0.252 e. The van der Waals surface area contributed by atoms with Crippen molar-refractivity contribution in [2.24, 2.45) is 0 Å². The second-order valence-corrected chi connectivity index (χ2v) is 12.0.